The second kappa shape index (κ2) is 9.54. The Morgan fingerprint density at radius 2 is 1.62 bits per heavy atom. The molecule has 0 N–H and O–H groups in total. The van der Waals surface area contributed by atoms with Crippen LogP contribution in [0.4, 0.5) is 5.69 Å². The van der Waals surface area contributed by atoms with E-state index in [1.807, 2.05) is 35.2 Å². The van der Waals surface area contributed by atoms with Crippen molar-refractivity contribution in [1.82, 2.24) is 4.90 Å². The van der Waals surface area contributed by atoms with E-state index in [0.717, 1.165) is 31.1 Å². The first kappa shape index (κ1) is 18.7. The predicted octanol–water partition coefficient (Wildman–Crippen LogP) is 4.38. The Balaban J connectivity index is 1.40. The predicted molar refractivity (Wildman–Crippen MR) is 108 cm³/mol. The summed E-state index contributed by atoms with van der Waals surface area (Å²) in [7, 11) is 0. The average molecular weight is 351 g/mol. The van der Waals surface area contributed by atoms with Gasteiger partial charge in [0.25, 0.3) is 0 Å². The van der Waals surface area contributed by atoms with E-state index >= 15 is 0 Å². The summed E-state index contributed by atoms with van der Waals surface area (Å²) in [5.74, 6) is 0.935. The van der Waals surface area contributed by atoms with Crippen LogP contribution >= 0.6 is 0 Å². The van der Waals surface area contributed by atoms with Crippen LogP contribution in [0.25, 0.3) is 0 Å². The number of anilines is 1. The highest BCUT2D eigenvalue weighted by atomic mass is 16.2. The third-order valence-corrected chi connectivity index (χ3v) is 5.38. The fraction of sp³-hybridized carbons (Fsp3) is 0.435. The van der Waals surface area contributed by atoms with Crippen molar-refractivity contribution in [1.29, 1.82) is 0 Å². The third kappa shape index (κ3) is 5.43. The summed E-state index contributed by atoms with van der Waals surface area (Å²) in [6.07, 6.45) is 4.80. The van der Waals surface area contributed by atoms with Crippen molar-refractivity contribution in [3.8, 4) is 0 Å². The van der Waals surface area contributed by atoms with Crippen molar-refractivity contribution in [2.24, 2.45) is 5.92 Å². The highest BCUT2D eigenvalue weighted by Crippen LogP contribution is 2.22. The Bertz CT molecular complexity index is 663. The number of piperidine rings is 1. The van der Waals surface area contributed by atoms with Crippen molar-refractivity contribution < 1.29 is 4.79 Å². The Hall–Kier alpha value is -2.13. The molecule has 1 aliphatic heterocycles. The van der Waals surface area contributed by atoms with Gasteiger partial charge in [0.05, 0.1) is 0 Å². The lowest BCUT2D eigenvalue weighted by molar-refractivity contribution is -0.116. The van der Waals surface area contributed by atoms with Crippen LogP contribution in [-0.4, -0.2) is 37.0 Å². The number of benzene rings is 2. The average Bonchev–Trinajstić information content (AvgIpc) is 2.68. The molecular weight excluding hydrogens is 320 g/mol. The fourth-order valence-corrected chi connectivity index (χ4v) is 3.89. The smallest absolute Gasteiger partial charge is 0.223 e. The number of carbonyl (C=O) groups is 1. The molecule has 3 rings (SSSR count). The first-order chi connectivity index (χ1) is 12.7. The fourth-order valence-electron chi connectivity index (χ4n) is 3.89. The first-order valence-corrected chi connectivity index (χ1v) is 9.82. The third-order valence-electron chi connectivity index (χ3n) is 5.38. The molecule has 1 saturated heterocycles. The van der Waals surface area contributed by atoms with Crippen LogP contribution in [-0.2, 0) is 11.2 Å². The molecule has 2 aromatic carbocycles. The van der Waals surface area contributed by atoms with Crippen molar-refractivity contribution in [2.75, 3.05) is 31.1 Å². The van der Waals surface area contributed by atoms with E-state index in [-0.39, 0.29) is 5.91 Å². The number of hydrogen-bond acceptors (Lipinski definition) is 2. The minimum absolute atomic E-state index is 0.123. The van der Waals surface area contributed by atoms with Gasteiger partial charge >= 0.3 is 0 Å². The number of likely N-dealkylation sites (tertiary alicyclic amines) is 1. The molecule has 3 nitrogen and oxygen atoms in total. The molecule has 0 atom stereocenters. The monoisotopic (exact) mass is 350 g/mol. The summed E-state index contributed by atoms with van der Waals surface area (Å²) in [4.78, 5) is 16.4. The Kier molecular flexibility index (Phi) is 6.84. The van der Waals surface area contributed by atoms with E-state index in [2.05, 4.69) is 35.2 Å². The van der Waals surface area contributed by atoms with Crippen LogP contribution in [0.3, 0.4) is 0 Å². The maximum atomic E-state index is 12.0. The minimum atomic E-state index is 0.123. The van der Waals surface area contributed by atoms with E-state index in [1.54, 1.807) is 6.92 Å². The lowest BCUT2D eigenvalue weighted by Crippen LogP contribution is -2.37. The molecule has 138 valence electrons. The van der Waals surface area contributed by atoms with Gasteiger partial charge < -0.3 is 9.80 Å². The molecule has 0 aromatic heterocycles. The maximum absolute atomic E-state index is 12.0. The summed E-state index contributed by atoms with van der Waals surface area (Å²) >= 11 is 0. The van der Waals surface area contributed by atoms with Crippen molar-refractivity contribution in [3.05, 3.63) is 66.2 Å². The molecule has 1 aliphatic rings. The van der Waals surface area contributed by atoms with E-state index in [0.29, 0.717) is 0 Å². The zero-order valence-corrected chi connectivity index (χ0v) is 15.8. The summed E-state index contributed by atoms with van der Waals surface area (Å²) in [5.41, 5.74) is 2.47. The lowest BCUT2D eigenvalue weighted by atomic mass is 9.90. The highest BCUT2D eigenvalue weighted by Gasteiger charge is 2.19. The van der Waals surface area contributed by atoms with Gasteiger partial charge in [0.2, 0.25) is 5.91 Å². The van der Waals surface area contributed by atoms with Gasteiger partial charge in [-0.25, -0.2) is 0 Å². The zero-order chi connectivity index (χ0) is 18.2. The zero-order valence-electron chi connectivity index (χ0n) is 15.8. The molecular formula is C23H30N2O. The Morgan fingerprint density at radius 1 is 1.00 bits per heavy atom. The number of carbonyl (C=O) groups excluding carboxylic acids is 1. The van der Waals surface area contributed by atoms with Gasteiger partial charge in [0.1, 0.15) is 0 Å². The van der Waals surface area contributed by atoms with Crippen LogP contribution in [0, 0.1) is 5.92 Å². The molecule has 0 aliphatic carbocycles. The summed E-state index contributed by atoms with van der Waals surface area (Å²) in [6.45, 7) is 5.89. The molecule has 3 heteroatoms. The van der Waals surface area contributed by atoms with Gasteiger partial charge in [-0.2, -0.15) is 0 Å². The van der Waals surface area contributed by atoms with E-state index < -0.39 is 0 Å². The van der Waals surface area contributed by atoms with Crippen LogP contribution < -0.4 is 4.90 Å². The summed E-state index contributed by atoms with van der Waals surface area (Å²) in [6, 6.07) is 20.8. The van der Waals surface area contributed by atoms with Crippen LogP contribution in [0.15, 0.2) is 60.7 Å². The van der Waals surface area contributed by atoms with Gasteiger partial charge in [0.15, 0.2) is 0 Å². The van der Waals surface area contributed by atoms with E-state index in [1.165, 1.54) is 37.9 Å². The normalized spacial score (nSPS) is 15.7. The second-order valence-electron chi connectivity index (χ2n) is 7.33. The SMILES string of the molecule is CC(=O)N(CCCN1CCC(Cc2ccccc2)CC1)c1ccccc1. The molecule has 1 amide bonds. The molecule has 0 radical (unpaired) electrons. The number of para-hydroxylation sites is 1. The van der Waals surface area contributed by atoms with Gasteiger partial charge in [-0.15, -0.1) is 0 Å². The van der Waals surface area contributed by atoms with Crippen molar-refractivity contribution in [3.63, 3.8) is 0 Å². The van der Waals surface area contributed by atoms with Crippen LogP contribution in [0.2, 0.25) is 0 Å². The van der Waals surface area contributed by atoms with Crippen molar-refractivity contribution in [2.45, 2.75) is 32.6 Å². The highest BCUT2D eigenvalue weighted by molar-refractivity contribution is 5.91. The lowest BCUT2D eigenvalue weighted by Gasteiger charge is -2.32. The molecule has 0 spiro atoms. The van der Waals surface area contributed by atoms with Gasteiger partial charge in [-0.3, -0.25) is 4.79 Å². The number of nitrogens with zero attached hydrogens (tertiary/aromatic N) is 2. The topological polar surface area (TPSA) is 23.6 Å². The molecule has 0 bridgehead atoms. The molecule has 26 heavy (non-hydrogen) atoms. The summed E-state index contributed by atoms with van der Waals surface area (Å²) in [5, 5.41) is 0. The van der Waals surface area contributed by atoms with Crippen LogP contribution in [0.1, 0.15) is 31.7 Å². The molecule has 2 aromatic rings. The van der Waals surface area contributed by atoms with Gasteiger partial charge in [-0.1, -0.05) is 48.5 Å². The number of hydrogen-bond donors (Lipinski definition) is 0. The molecule has 1 heterocycles. The van der Waals surface area contributed by atoms with Crippen molar-refractivity contribution >= 4 is 11.6 Å². The largest absolute Gasteiger partial charge is 0.313 e. The standard InChI is InChI=1S/C23H30N2O/c1-20(26)25(23-11-6-3-7-12-23)16-8-15-24-17-13-22(14-18-24)19-21-9-4-2-5-10-21/h2-7,9-12,22H,8,13-19H2,1H3. The number of rotatable bonds is 7. The number of amides is 1. The minimum Gasteiger partial charge on any atom is -0.313 e. The Morgan fingerprint density at radius 3 is 2.23 bits per heavy atom. The van der Waals surface area contributed by atoms with Crippen LogP contribution in [0.5, 0.6) is 0 Å². The molecule has 1 fully saturated rings. The second-order valence-corrected chi connectivity index (χ2v) is 7.33. The quantitative estimate of drug-likeness (QED) is 0.740. The van der Waals surface area contributed by atoms with Gasteiger partial charge in [-0.05, 0) is 68.9 Å². The van der Waals surface area contributed by atoms with Gasteiger partial charge in [0, 0.05) is 19.2 Å². The van der Waals surface area contributed by atoms with E-state index in [4.69, 9.17) is 0 Å². The molecule has 0 unspecified atom stereocenters. The Labute approximate surface area is 157 Å². The molecule has 0 saturated carbocycles. The van der Waals surface area contributed by atoms with E-state index in [9.17, 15) is 4.79 Å². The maximum Gasteiger partial charge on any atom is 0.223 e. The first-order valence-electron chi connectivity index (χ1n) is 9.82. The summed E-state index contributed by atoms with van der Waals surface area (Å²) < 4.78 is 0.